The fraction of sp³-hybridized carbons (Fsp3) is 0.214. The van der Waals surface area contributed by atoms with Gasteiger partial charge >= 0.3 is 0 Å². The summed E-state index contributed by atoms with van der Waals surface area (Å²) in [5, 5.41) is 20.5. The average molecular weight is 534 g/mol. The molecule has 0 bridgehead atoms. The van der Waals surface area contributed by atoms with Crippen LogP contribution in [0.4, 0.5) is 10.2 Å². The molecular formula is C28H25ClFN5O3. The molecule has 2 aromatic heterocycles. The first kappa shape index (κ1) is 25.6. The summed E-state index contributed by atoms with van der Waals surface area (Å²) in [6, 6.07) is 17.4. The fourth-order valence-corrected chi connectivity index (χ4v) is 4.70. The summed E-state index contributed by atoms with van der Waals surface area (Å²) in [5.74, 6) is -1.31. The van der Waals surface area contributed by atoms with E-state index in [0.717, 1.165) is 12.8 Å². The summed E-state index contributed by atoms with van der Waals surface area (Å²) in [4.78, 5) is 30.4. The molecule has 1 aliphatic carbocycles. The molecule has 1 fully saturated rings. The van der Waals surface area contributed by atoms with Crippen molar-refractivity contribution in [2.24, 2.45) is 0 Å². The molecule has 8 nitrogen and oxygen atoms in total. The number of aliphatic hydroxyl groups excluding tert-OH is 1. The van der Waals surface area contributed by atoms with Crippen molar-refractivity contribution in [2.75, 3.05) is 5.32 Å². The number of aromatic nitrogens is 3. The Morgan fingerprint density at radius 1 is 1.00 bits per heavy atom. The number of nitrogens with zero attached hydrogens (tertiary/aromatic N) is 3. The highest BCUT2D eigenvalue weighted by Gasteiger charge is 2.27. The van der Waals surface area contributed by atoms with E-state index < -0.39 is 23.7 Å². The van der Waals surface area contributed by atoms with E-state index in [9.17, 15) is 19.1 Å². The number of halogens is 2. The third-order valence-corrected chi connectivity index (χ3v) is 6.80. The van der Waals surface area contributed by atoms with E-state index in [2.05, 4.69) is 20.7 Å². The molecule has 0 spiro atoms. The largest absolute Gasteiger partial charge is 0.391 e. The van der Waals surface area contributed by atoms with Crippen molar-refractivity contribution in [3.05, 3.63) is 95.0 Å². The van der Waals surface area contributed by atoms with E-state index in [1.165, 1.54) is 41.2 Å². The number of rotatable bonds is 6. The van der Waals surface area contributed by atoms with Gasteiger partial charge in [-0.3, -0.25) is 14.6 Å². The zero-order valence-electron chi connectivity index (χ0n) is 20.3. The molecule has 1 saturated carbocycles. The molecule has 5 rings (SSSR count). The molecule has 0 radical (unpaired) electrons. The van der Waals surface area contributed by atoms with Gasteiger partial charge in [0.25, 0.3) is 11.8 Å². The predicted molar refractivity (Wildman–Crippen MR) is 142 cm³/mol. The molecule has 1 aliphatic rings. The second-order valence-electron chi connectivity index (χ2n) is 9.08. The maximum absolute atomic E-state index is 14.3. The third-order valence-electron chi connectivity index (χ3n) is 6.47. The van der Waals surface area contributed by atoms with Crippen LogP contribution in [0.1, 0.15) is 46.5 Å². The summed E-state index contributed by atoms with van der Waals surface area (Å²) in [6.45, 7) is 0. The van der Waals surface area contributed by atoms with Crippen LogP contribution in [-0.4, -0.2) is 43.8 Å². The first-order chi connectivity index (χ1) is 18.4. The lowest BCUT2D eigenvalue weighted by atomic mass is 9.92. The zero-order chi connectivity index (χ0) is 26.6. The number of para-hydroxylation sites is 1. The minimum absolute atomic E-state index is 0.0809. The van der Waals surface area contributed by atoms with E-state index in [1.807, 2.05) is 18.2 Å². The van der Waals surface area contributed by atoms with Crippen molar-refractivity contribution in [1.29, 1.82) is 0 Å². The van der Waals surface area contributed by atoms with Gasteiger partial charge in [0.2, 0.25) is 0 Å². The Bertz CT molecular complexity index is 1480. The standard InChI is InChI=1S/C28H25ClFN5O3/c29-20-13-12-17(26-21(30)9-6-14-31-26)15-19(20)27(37)33-25-16-23(34-35(25)18-7-2-1-3-8-18)28(38)32-22-10-4-5-11-24(22)36/h1-3,6-9,12-16,22,24,36H,4-5,10-11H2,(H,32,38)(H,33,37)/t22-,24-/m0/s1. The number of aliphatic hydroxyl groups is 1. The quantitative estimate of drug-likeness (QED) is 0.323. The van der Waals surface area contributed by atoms with Gasteiger partial charge in [0, 0.05) is 17.8 Å². The summed E-state index contributed by atoms with van der Waals surface area (Å²) in [6.07, 6.45) is 4.01. The minimum atomic E-state index is -0.610. The van der Waals surface area contributed by atoms with Gasteiger partial charge in [0.05, 0.1) is 28.4 Å². The highest BCUT2D eigenvalue weighted by Crippen LogP contribution is 2.27. The van der Waals surface area contributed by atoms with Crippen LogP contribution in [0.25, 0.3) is 16.9 Å². The van der Waals surface area contributed by atoms with Crippen LogP contribution in [0.2, 0.25) is 5.02 Å². The molecule has 4 aromatic rings. The van der Waals surface area contributed by atoms with E-state index in [0.29, 0.717) is 24.1 Å². The number of carbonyl (C=O) groups is 2. The average Bonchev–Trinajstić information content (AvgIpc) is 3.35. The molecule has 3 N–H and O–H groups in total. The Labute approximate surface area is 223 Å². The number of benzene rings is 2. The number of hydrogen-bond donors (Lipinski definition) is 3. The fourth-order valence-electron chi connectivity index (χ4n) is 4.50. The first-order valence-electron chi connectivity index (χ1n) is 12.3. The van der Waals surface area contributed by atoms with Crippen LogP contribution >= 0.6 is 11.6 Å². The second-order valence-corrected chi connectivity index (χ2v) is 9.48. The maximum Gasteiger partial charge on any atom is 0.272 e. The number of anilines is 1. The van der Waals surface area contributed by atoms with Crippen LogP contribution in [0.3, 0.4) is 0 Å². The van der Waals surface area contributed by atoms with Gasteiger partial charge in [0.15, 0.2) is 5.69 Å². The summed E-state index contributed by atoms with van der Waals surface area (Å²) < 4.78 is 15.8. The van der Waals surface area contributed by atoms with Crippen molar-refractivity contribution < 1.29 is 19.1 Å². The number of amides is 2. The summed E-state index contributed by atoms with van der Waals surface area (Å²) in [7, 11) is 0. The molecule has 10 heteroatoms. The van der Waals surface area contributed by atoms with Gasteiger partial charge in [-0.2, -0.15) is 5.10 Å². The monoisotopic (exact) mass is 533 g/mol. The van der Waals surface area contributed by atoms with E-state index in [-0.39, 0.29) is 33.8 Å². The number of hydrogen-bond acceptors (Lipinski definition) is 5. The molecule has 0 saturated heterocycles. The topological polar surface area (TPSA) is 109 Å². The highest BCUT2D eigenvalue weighted by atomic mass is 35.5. The van der Waals surface area contributed by atoms with Gasteiger partial charge in [0.1, 0.15) is 17.3 Å². The Balaban J connectivity index is 1.45. The van der Waals surface area contributed by atoms with Crippen molar-refractivity contribution in [3.63, 3.8) is 0 Å². The molecule has 0 aliphatic heterocycles. The van der Waals surface area contributed by atoms with Crippen LogP contribution in [0.5, 0.6) is 0 Å². The Morgan fingerprint density at radius 2 is 1.79 bits per heavy atom. The van der Waals surface area contributed by atoms with Crippen LogP contribution < -0.4 is 10.6 Å². The molecule has 2 aromatic carbocycles. The van der Waals surface area contributed by atoms with Crippen LogP contribution in [0, 0.1) is 5.82 Å². The van der Waals surface area contributed by atoms with Gasteiger partial charge in [-0.15, -0.1) is 0 Å². The summed E-state index contributed by atoms with van der Waals surface area (Å²) in [5.41, 5.74) is 1.29. The van der Waals surface area contributed by atoms with Crippen LogP contribution in [0.15, 0.2) is 72.9 Å². The maximum atomic E-state index is 14.3. The molecule has 2 heterocycles. The lowest BCUT2D eigenvalue weighted by Gasteiger charge is -2.27. The Morgan fingerprint density at radius 3 is 2.55 bits per heavy atom. The third kappa shape index (κ3) is 5.44. The van der Waals surface area contributed by atoms with E-state index >= 15 is 0 Å². The zero-order valence-corrected chi connectivity index (χ0v) is 21.0. The molecular weight excluding hydrogens is 509 g/mol. The Hall–Kier alpha value is -4.08. The first-order valence-corrected chi connectivity index (χ1v) is 12.6. The van der Waals surface area contributed by atoms with E-state index in [4.69, 9.17) is 11.6 Å². The number of carbonyl (C=O) groups excluding carboxylic acids is 2. The normalized spacial score (nSPS) is 17.1. The van der Waals surface area contributed by atoms with Crippen molar-refractivity contribution in [2.45, 2.75) is 37.8 Å². The predicted octanol–water partition coefficient (Wildman–Crippen LogP) is 5.01. The van der Waals surface area contributed by atoms with Gasteiger partial charge in [-0.05, 0) is 49.2 Å². The van der Waals surface area contributed by atoms with Crippen LogP contribution in [-0.2, 0) is 0 Å². The minimum Gasteiger partial charge on any atom is -0.391 e. The van der Waals surface area contributed by atoms with Gasteiger partial charge in [-0.1, -0.05) is 48.7 Å². The molecule has 0 unspecified atom stereocenters. The van der Waals surface area contributed by atoms with Crippen molar-refractivity contribution >= 4 is 29.2 Å². The molecule has 2 amide bonds. The lowest BCUT2D eigenvalue weighted by molar-refractivity contribution is 0.0713. The smallest absolute Gasteiger partial charge is 0.272 e. The lowest BCUT2D eigenvalue weighted by Crippen LogP contribution is -2.45. The number of pyridine rings is 1. The summed E-state index contributed by atoms with van der Waals surface area (Å²) >= 11 is 6.33. The second kappa shape index (κ2) is 11.1. The molecule has 194 valence electrons. The van der Waals surface area contributed by atoms with Crippen molar-refractivity contribution in [1.82, 2.24) is 20.1 Å². The van der Waals surface area contributed by atoms with Gasteiger partial charge < -0.3 is 15.7 Å². The van der Waals surface area contributed by atoms with E-state index in [1.54, 1.807) is 18.2 Å². The molecule has 2 atom stereocenters. The Kier molecular flexibility index (Phi) is 7.48. The number of nitrogens with one attached hydrogen (secondary N) is 2. The molecule has 38 heavy (non-hydrogen) atoms. The highest BCUT2D eigenvalue weighted by molar-refractivity contribution is 6.34. The van der Waals surface area contributed by atoms with Crippen molar-refractivity contribution in [3.8, 4) is 16.9 Å². The SMILES string of the molecule is O=C(N[C@H]1CCCC[C@@H]1O)c1cc(NC(=O)c2cc(-c3ncccc3F)ccc2Cl)n(-c2ccccc2)n1. The van der Waals surface area contributed by atoms with Gasteiger partial charge in [-0.25, -0.2) is 9.07 Å².